The Balaban J connectivity index is 1.51. The van der Waals surface area contributed by atoms with Gasteiger partial charge in [-0.3, -0.25) is 4.98 Å². The molecule has 1 aromatic carbocycles. The van der Waals surface area contributed by atoms with Gasteiger partial charge in [0.15, 0.2) is 0 Å². The van der Waals surface area contributed by atoms with E-state index in [4.69, 9.17) is 0 Å². The first-order valence-corrected chi connectivity index (χ1v) is 10.0. The summed E-state index contributed by atoms with van der Waals surface area (Å²) in [6.07, 6.45) is 6.66. The number of amides is 2. The highest BCUT2D eigenvalue weighted by Gasteiger charge is 2.21. The van der Waals surface area contributed by atoms with Gasteiger partial charge in [0.1, 0.15) is 0 Å². The van der Waals surface area contributed by atoms with Gasteiger partial charge >= 0.3 is 6.03 Å². The van der Waals surface area contributed by atoms with Crippen molar-refractivity contribution in [3.05, 3.63) is 54.4 Å². The van der Waals surface area contributed by atoms with Crippen LogP contribution in [0.25, 0.3) is 0 Å². The first kappa shape index (κ1) is 18.3. The second-order valence-electron chi connectivity index (χ2n) is 6.34. The van der Waals surface area contributed by atoms with E-state index in [1.54, 1.807) is 24.5 Å². The van der Waals surface area contributed by atoms with Crippen molar-refractivity contribution in [1.82, 2.24) is 15.0 Å². The van der Waals surface area contributed by atoms with E-state index in [1.165, 1.54) is 18.6 Å². The third-order valence-electron chi connectivity index (χ3n) is 4.41. The highest BCUT2D eigenvalue weighted by Crippen LogP contribution is 2.25. The third-order valence-corrected chi connectivity index (χ3v) is 5.85. The number of hydrogen-bond donors (Lipinski definition) is 3. The predicted molar refractivity (Wildman–Crippen MR) is 99.1 cm³/mol. The normalized spacial score (nSPS) is 14.5. The molecule has 138 valence electrons. The highest BCUT2D eigenvalue weighted by molar-refractivity contribution is 7.89. The van der Waals surface area contributed by atoms with E-state index in [1.807, 2.05) is 12.1 Å². The minimum absolute atomic E-state index is 0.194. The summed E-state index contributed by atoms with van der Waals surface area (Å²) in [6, 6.07) is 9.39. The number of anilines is 1. The molecule has 0 atom stereocenters. The van der Waals surface area contributed by atoms with Crippen LogP contribution in [-0.4, -0.2) is 26.0 Å². The number of benzene rings is 1. The predicted octanol–water partition coefficient (Wildman–Crippen LogP) is 2.48. The van der Waals surface area contributed by atoms with Gasteiger partial charge in [0, 0.05) is 31.2 Å². The number of carbonyl (C=O) groups is 1. The SMILES string of the molecule is O=C(NCc1ccncc1)Nc1ccc(S(=O)(=O)NCC2CCC2)cc1. The summed E-state index contributed by atoms with van der Waals surface area (Å²) >= 11 is 0. The maximum atomic E-state index is 12.3. The number of urea groups is 1. The molecule has 7 nitrogen and oxygen atoms in total. The van der Waals surface area contributed by atoms with Crippen molar-refractivity contribution >= 4 is 21.7 Å². The van der Waals surface area contributed by atoms with Crippen molar-refractivity contribution in [2.75, 3.05) is 11.9 Å². The maximum absolute atomic E-state index is 12.3. The molecule has 0 radical (unpaired) electrons. The fourth-order valence-electron chi connectivity index (χ4n) is 2.58. The molecule has 1 fully saturated rings. The Kier molecular flexibility index (Phi) is 5.85. The first-order valence-electron chi connectivity index (χ1n) is 8.56. The summed E-state index contributed by atoms with van der Waals surface area (Å²) in [4.78, 5) is 16.0. The zero-order valence-electron chi connectivity index (χ0n) is 14.3. The molecule has 26 heavy (non-hydrogen) atoms. The van der Waals surface area contributed by atoms with E-state index >= 15 is 0 Å². The number of pyridine rings is 1. The molecule has 1 saturated carbocycles. The lowest BCUT2D eigenvalue weighted by Crippen LogP contribution is -2.32. The number of sulfonamides is 1. The summed E-state index contributed by atoms with van der Waals surface area (Å²) in [5, 5.41) is 5.41. The van der Waals surface area contributed by atoms with E-state index in [0.29, 0.717) is 24.7 Å². The summed E-state index contributed by atoms with van der Waals surface area (Å²) in [7, 11) is -3.51. The number of rotatable bonds is 7. The van der Waals surface area contributed by atoms with E-state index in [-0.39, 0.29) is 10.9 Å². The van der Waals surface area contributed by atoms with E-state index < -0.39 is 10.0 Å². The second kappa shape index (κ2) is 8.29. The van der Waals surface area contributed by atoms with Crippen LogP contribution in [0.3, 0.4) is 0 Å². The Morgan fingerprint density at radius 1 is 1.08 bits per heavy atom. The molecular formula is C18H22N4O3S. The van der Waals surface area contributed by atoms with Gasteiger partial charge < -0.3 is 10.6 Å². The van der Waals surface area contributed by atoms with Crippen molar-refractivity contribution in [3.8, 4) is 0 Å². The van der Waals surface area contributed by atoms with E-state index in [9.17, 15) is 13.2 Å². The number of nitrogens with zero attached hydrogens (tertiary/aromatic N) is 1. The number of aromatic nitrogens is 1. The first-order chi connectivity index (χ1) is 12.5. The quantitative estimate of drug-likeness (QED) is 0.693. The molecule has 3 rings (SSSR count). The smallest absolute Gasteiger partial charge is 0.319 e. The number of hydrogen-bond acceptors (Lipinski definition) is 4. The largest absolute Gasteiger partial charge is 0.334 e. The molecule has 0 saturated heterocycles. The van der Waals surface area contributed by atoms with E-state index in [0.717, 1.165) is 18.4 Å². The fraction of sp³-hybridized carbons (Fsp3) is 0.333. The number of nitrogens with one attached hydrogen (secondary N) is 3. The molecule has 0 aliphatic heterocycles. The molecule has 1 aliphatic rings. The summed E-state index contributed by atoms with van der Waals surface area (Å²) in [5.74, 6) is 0.454. The minimum atomic E-state index is -3.51. The topological polar surface area (TPSA) is 100 Å². The molecule has 8 heteroatoms. The van der Waals surface area contributed by atoms with Crippen molar-refractivity contribution in [1.29, 1.82) is 0 Å². The van der Waals surface area contributed by atoms with Crippen LogP contribution in [0.2, 0.25) is 0 Å². The molecule has 2 aromatic rings. The van der Waals surface area contributed by atoms with Crippen molar-refractivity contribution in [3.63, 3.8) is 0 Å². The van der Waals surface area contributed by atoms with Gasteiger partial charge in [0.2, 0.25) is 10.0 Å². The monoisotopic (exact) mass is 374 g/mol. The minimum Gasteiger partial charge on any atom is -0.334 e. The average molecular weight is 374 g/mol. The van der Waals surface area contributed by atoms with Crippen LogP contribution in [0.15, 0.2) is 53.7 Å². The van der Waals surface area contributed by atoms with Gasteiger partial charge in [-0.2, -0.15) is 0 Å². The lowest BCUT2D eigenvalue weighted by atomic mass is 9.86. The van der Waals surface area contributed by atoms with Crippen LogP contribution >= 0.6 is 0 Å². The third kappa shape index (κ3) is 5.03. The van der Waals surface area contributed by atoms with Crippen LogP contribution in [0, 0.1) is 5.92 Å². The fourth-order valence-corrected chi connectivity index (χ4v) is 3.70. The Morgan fingerprint density at radius 2 is 1.77 bits per heavy atom. The second-order valence-corrected chi connectivity index (χ2v) is 8.10. The number of carbonyl (C=O) groups excluding carboxylic acids is 1. The van der Waals surface area contributed by atoms with Gasteiger partial charge in [-0.1, -0.05) is 6.42 Å². The van der Waals surface area contributed by atoms with Crippen LogP contribution < -0.4 is 15.4 Å². The molecular weight excluding hydrogens is 352 g/mol. The maximum Gasteiger partial charge on any atom is 0.319 e. The van der Waals surface area contributed by atoms with Gasteiger partial charge in [-0.25, -0.2) is 17.9 Å². The highest BCUT2D eigenvalue weighted by atomic mass is 32.2. The van der Waals surface area contributed by atoms with Gasteiger partial charge in [-0.15, -0.1) is 0 Å². The lowest BCUT2D eigenvalue weighted by Gasteiger charge is -2.25. The van der Waals surface area contributed by atoms with Gasteiger partial charge in [0.25, 0.3) is 0 Å². The molecule has 1 heterocycles. The molecule has 3 N–H and O–H groups in total. The van der Waals surface area contributed by atoms with Crippen LogP contribution in [0.5, 0.6) is 0 Å². The zero-order chi connectivity index (χ0) is 18.4. The molecule has 0 spiro atoms. The van der Waals surface area contributed by atoms with Crippen LogP contribution in [0.4, 0.5) is 10.5 Å². The summed E-state index contributed by atoms with van der Waals surface area (Å²) in [5.41, 5.74) is 1.46. The Bertz CT molecular complexity index is 834. The average Bonchev–Trinajstić information content (AvgIpc) is 2.60. The van der Waals surface area contributed by atoms with Gasteiger partial charge in [0.05, 0.1) is 4.90 Å². The zero-order valence-corrected chi connectivity index (χ0v) is 15.1. The van der Waals surface area contributed by atoms with Crippen LogP contribution in [0.1, 0.15) is 24.8 Å². The van der Waals surface area contributed by atoms with E-state index in [2.05, 4.69) is 20.3 Å². The summed E-state index contributed by atoms with van der Waals surface area (Å²) in [6.45, 7) is 0.867. The van der Waals surface area contributed by atoms with Crippen molar-refractivity contribution in [2.45, 2.75) is 30.7 Å². The molecule has 1 aliphatic carbocycles. The molecule has 1 aromatic heterocycles. The Hall–Kier alpha value is -2.45. The Labute approximate surface area is 153 Å². The van der Waals surface area contributed by atoms with Crippen molar-refractivity contribution < 1.29 is 13.2 Å². The van der Waals surface area contributed by atoms with Crippen LogP contribution in [-0.2, 0) is 16.6 Å². The summed E-state index contributed by atoms with van der Waals surface area (Å²) < 4.78 is 27.2. The van der Waals surface area contributed by atoms with Gasteiger partial charge in [-0.05, 0) is 60.7 Å². The van der Waals surface area contributed by atoms with Crippen molar-refractivity contribution in [2.24, 2.45) is 5.92 Å². The standard InChI is InChI=1S/C18H22N4O3S/c23-18(20-12-15-8-10-19-11-9-15)22-16-4-6-17(7-5-16)26(24,25)21-13-14-2-1-3-14/h4-11,14,21H,1-3,12-13H2,(H2,20,22,23). The lowest BCUT2D eigenvalue weighted by molar-refractivity contribution is 0.251. The molecule has 2 amide bonds. The molecule has 0 bridgehead atoms. The molecule has 0 unspecified atom stereocenters. The Morgan fingerprint density at radius 3 is 2.38 bits per heavy atom.